The van der Waals surface area contributed by atoms with Crippen molar-refractivity contribution >= 4 is 37.3 Å². The molecule has 2 rings (SSSR count). The molecule has 0 saturated carbocycles. The van der Waals surface area contributed by atoms with E-state index in [1.54, 1.807) is 0 Å². The zero-order valence-corrected chi connectivity index (χ0v) is 13.1. The predicted octanol–water partition coefficient (Wildman–Crippen LogP) is 0.522. The molecule has 1 aromatic heterocycles. The third-order valence-corrected chi connectivity index (χ3v) is 5.24. The van der Waals surface area contributed by atoms with E-state index in [1.807, 2.05) is 0 Å². The lowest BCUT2D eigenvalue weighted by Crippen LogP contribution is -2.18. The summed E-state index contributed by atoms with van der Waals surface area (Å²) < 4.78 is 50.3. The molecule has 114 valence electrons. The average molecular weight is 351 g/mol. The van der Waals surface area contributed by atoms with Crippen LogP contribution in [-0.2, 0) is 27.1 Å². The number of nitrogens with two attached hydrogens (primary N) is 1. The van der Waals surface area contributed by atoms with E-state index in [0.29, 0.717) is 0 Å². The Balaban J connectivity index is 2.47. The number of nitrogens with one attached hydrogen (secondary N) is 1. The summed E-state index contributed by atoms with van der Waals surface area (Å²) in [7, 11) is -6.47. The van der Waals surface area contributed by atoms with Crippen LogP contribution in [0.15, 0.2) is 40.4 Å². The van der Waals surface area contributed by atoms with Crippen LogP contribution in [0.4, 0.5) is 5.69 Å². The van der Waals surface area contributed by atoms with Gasteiger partial charge >= 0.3 is 0 Å². The molecule has 1 aromatic carbocycles. The molecule has 0 saturated heterocycles. The summed E-state index contributed by atoms with van der Waals surface area (Å²) >= 11 is 5.87. The van der Waals surface area contributed by atoms with Gasteiger partial charge in [-0.15, -0.1) is 0 Å². The topological polar surface area (TPSA) is 124 Å². The van der Waals surface area contributed by atoms with E-state index in [9.17, 15) is 16.8 Å². The van der Waals surface area contributed by atoms with Gasteiger partial charge < -0.3 is 0 Å². The summed E-state index contributed by atoms with van der Waals surface area (Å²) in [5, 5.41) is 8.69. The molecule has 0 unspecified atom stereocenters. The quantitative estimate of drug-likeness (QED) is 0.831. The molecular formula is C10H11ClN4O4S2. The lowest BCUT2D eigenvalue weighted by atomic mass is 10.3. The van der Waals surface area contributed by atoms with E-state index < -0.39 is 20.0 Å². The first-order valence-electron chi connectivity index (χ1n) is 5.44. The van der Waals surface area contributed by atoms with E-state index in [0.717, 1.165) is 10.7 Å². The van der Waals surface area contributed by atoms with Gasteiger partial charge in [0.1, 0.15) is 0 Å². The molecule has 0 atom stereocenters. The Labute approximate surface area is 126 Å². The molecule has 0 aliphatic heterocycles. The number of benzene rings is 1. The van der Waals surface area contributed by atoms with Crippen molar-refractivity contribution in [3.05, 3.63) is 35.5 Å². The van der Waals surface area contributed by atoms with Crippen LogP contribution in [0.2, 0.25) is 5.02 Å². The van der Waals surface area contributed by atoms with E-state index in [1.165, 1.54) is 31.4 Å². The first-order chi connectivity index (χ1) is 9.61. The highest BCUT2D eigenvalue weighted by atomic mass is 35.5. The Hall–Kier alpha value is -1.62. The molecule has 11 heteroatoms. The number of anilines is 1. The van der Waals surface area contributed by atoms with Crippen molar-refractivity contribution in [1.29, 1.82) is 0 Å². The second-order valence-electron chi connectivity index (χ2n) is 4.09. The summed E-state index contributed by atoms with van der Waals surface area (Å²) in [6.07, 6.45) is 1.32. The summed E-state index contributed by atoms with van der Waals surface area (Å²) in [5.74, 6) is 0. The van der Waals surface area contributed by atoms with Crippen LogP contribution in [0.3, 0.4) is 0 Å². The van der Waals surface area contributed by atoms with Crippen LogP contribution in [-0.4, -0.2) is 26.6 Å². The molecule has 0 radical (unpaired) electrons. The minimum absolute atomic E-state index is 0.0353. The predicted molar refractivity (Wildman–Crippen MR) is 76.8 cm³/mol. The number of aromatic nitrogens is 2. The van der Waals surface area contributed by atoms with Crippen molar-refractivity contribution in [3.63, 3.8) is 0 Å². The highest BCUT2D eigenvalue weighted by Crippen LogP contribution is 2.27. The maximum absolute atomic E-state index is 12.2. The molecule has 2 aromatic rings. The Kier molecular flexibility index (Phi) is 3.97. The third-order valence-electron chi connectivity index (χ3n) is 2.56. The number of nitrogens with zero attached hydrogens (tertiary/aromatic N) is 2. The molecule has 0 aliphatic carbocycles. The second kappa shape index (κ2) is 5.30. The van der Waals surface area contributed by atoms with Crippen LogP contribution in [0.1, 0.15) is 0 Å². The number of aryl methyl sites for hydroxylation is 1. The van der Waals surface area contributed by atoms with Gasteiger partial charge in [0.15, 0.2) is 5.03 Å². The summed E-state index contributed by atoms with van der Waals surface area (Å²) in [5.41, 5.74) is -0.0932. The lowest BCUT2D eigenvalue weighted by molar-refractivity contribution is 0.581. The van der Waals surface area contributed by atoms with Crippen molar-refractivity contribution in [2.45, 2.75) is 9.92 Å². The van der Waals surface area contributed by atoms with Gasteiger partial charge in [-0.1, -0.05) is 11.6 Å². The Morgan fingerprint density at radius 3 is 2.43 bits per heavy atom. The van der Waals surface area contributed by atoms with E-state index in [4.69, 9.17) is 16.7 Å². The van der Waals surface area contributed by atoms with Crippen molar-refractivity contribution in [2.24, 2.45) is 12.2 Å². The van der Waals surface area contributed by atoms with E-state index in [-0.39, 0.29) is 20.6 Å². The van der Waals surface area contributed by atoms with Crippen LogP contribution in [0.5, 0.6) is 0 Å². The molecule has 0 spiro atoms. The van der Waals surface area contributed by atoms with Gasteiger partial charge in [0, 0.05) is 7.05 Å². The van der Waals surface area contributed by atoms with Gasteiger partial charge in [0.2, 0.25) is 10.0 Å². The van der Waals surface area contributed by atoms with Gasteiger partial charge in [-0.05, 0) is 24.3 Å². The van der Waals surface area contributed by atoms with Crippen molar-refractivity contribution in [2.75, 3.05) is 4.72 Å². The second-order valence-corrected chi connectivity index (χ2v) is 7.68. The average Bonchev–Trinajstić information content (AvgIpc) is 2.77. The maximum Gasteiger partial charge on any atom is 0.279 e. The van der Waals surface area contributed by atoms with Crippen LogP contribution >= 0.6 is 11.6 Å². The molecular weight excluding hydrogens is 340 g/mol. The lowest BCUT2D eigenvalue weighted by Gasteiger charge is -2.10. The monoisotopic (exact) mass is 350 g/mol. The number of hydrogen-bond donors (Lipinski definition) is 2. The summed E-state index contributed by atoms with van der Waals surface area (Å²) in [4.78, 5) is -0.255. The fourth-order valence-corrected chi connectivity index (χ4v) is 3.54. The van der Waals surface area contributed by atoms with E-state index in [2.05, 4.69) is 9.82 Å². The minimum Gasteiger partial charge on any atom is -0.277 e. The highest BCUT2D eigenvalue weighted by molar-refractivity contribution is 7.92. The molecule has 0 bridgehead atoms. The highest BCUT2D eigenvalue weighted by Gasteiger charge is 2.20. The Morgan fingerprint density at radius 2 is 1.90 bits per heavy atom. The molecule has 3 N–H and O–H groups in total. The number of rotatable bonds is 4. The molecule has 1 heterocycles. The Bertz CT molecular complexity index is 890. The fraction of sp³-hybridized carbons (Fsp3) is 0.100. The number of halogens is 1. The smallest absolute Gasteiger partial charge is 0.277 e. The van der Waals surface area contributed by atoms with Crippen molar-refractivity contribution in [1.82, 2.24) is 9.78 Å². The number of hydrogen-bond acceptors (Lipinski definition) is 5. The molecule has 21 heavy (non-hydrogen) atoms. The minimum atomic E-state index is -3.97. The largest absolute Gasteiger partial charge is 0.279 e. The zero-order valence-electron chi connectivity index (χ0n) is 10.7. The maximum atomic E-state index is 12.2. The number of primary sulfonamides is 1. The fourth-order valence-electron chi connectivity index (χ4n) is 1.58. The molecule has 0 fully saturated rings. The normalized spacial score (nSPS) is 12.3. The SMILES string of the molecule is Cn1nccc1S(=O)(=O)Nc1cc(S(N)(=O)=O)ccc1Cl. The van der Waals surface area contributed by atoms with Gasteiger partial charge in [0.25, 0.3) is 10.0 Å². The van der Waals surface area contributed by atoms with Crippen molar-refractivity contribution in [3.8, 4) is 0 Å². The van der Waals surface area contributed by atoms with Gasteiger partial charge in [-0.25, -0.2) is 13.6 Å². The first-order valence-corrected chi connectivity index (χ1v) is 8.85. The summed E-state index contributed by atoms with van der Waals surface area (Å²) in [6, 6.07) is 4.76. The summed E-state index contributed by atoms with van der Waals surface area (Å²) in [6.45, 7) is 0. The first kappa shape index (κ1) is 15.8. The van der Waals surface area contributed by atoms with Crippen molar-refractivity contribution < 1.29 is 16.8 Å². The molecule has 0 aliphatic rings. The standard InChI is InChI=1S/C10H11ClN4O4S2/c1-15-10(4-5-13-15)21(18,19)14-9-6-7(20(12,16)17)2-3-8(9)11/h2-6,14H,1H3,(H2,12,16,17). The molecule has 0 amide bonds. The zero-order chi connectivity index (χ0) is 15.8. The van der Waals surface area contributed by atoms with Crippen LogP contribution < -0.4 is 9.86 Å². The number of sulfonamides is 2. The van der Waals surface area contributed by atoms with Gasteiger partial charge in [-0.2, -0.15) is 13.5 Å². The van der Waals surface area contributed by atoms with Crippen LogP contribution in [0.25, 0.3) is 0 Å². The third kappa shape index (κ3) is 3.35. The Morgan fingerprint density at radius 1 is 1.24 bits per heavy atom. The van der Waals surface area contributed by atoms with E-state index >= 15 is 0 Å². The molecule has 8 nitrogen and oxygen atoms in total. The van der Waals surface area contributed by atoms with Crippen LogP contribution in [0, 0.1) is 0 Å². The van der Waals surface area contributed by atoms with Gasteiger partial charge in [-0.3, -0.25) is 9.40 Å². The van der Waals surface area contributed by atoms with Gasteiger partial charge in [0.05, 0.1) is 21.8 Å².